The molecule has 0 aliphatic rings. The van der Waals surface area contributed by atoms with E-state index in [9.17, 15) is 4.39 Å². The maximum absolute atomic E-state index is 13.0. The average molecular weight is 259 g/mol. The number of hydrogen-bond acceptors (Lipinski definition) is 1. The first-order valence-electron chi connectivity index (χ1n) is 4.70. The monoisotopic (exact) mass is 258 g/mol. The lowest BCUT2D eigenvalue weighted by Gasteiger charge is -2.06. The Kier molecular flexibility index (Phi) is 3.46. The summed E-state index contributed by atoms with van der Waals surface area (Å²) in [5.74, 6) is 0.720. The molecule has 0 bridgehead atoms. The molecular weight excluding hydrogens is 250 g/mol. The molecule has 1 heterocycles. The minimum absolute atomic E-state index is 0.130. The third-order valence-corrected chi connectivity index (χ3v) is 2.79. The second kappa shape index (κ2) is 4.85. The van der Waals surface area contributed by atoms with Gasteiger partial charge in [-0.15, -0.1) is 11.6 Å². The van der Waals surface area contributed by atoms with Crippen LogP contribution in [0, 0.1) is 5.82 Å². The predicted octanol–water partition coefficient (Wildman–Crippen LogP) is 3.46. The molecule has 0 saturated carbocycles. The van der Waals surface area contributed by atoms with Crippen LogP contribution in [0.2, 0.25) is 5.02 Å². The van der Waals surface area contributed by atoms with Crippen LogP contribution in [0.25, 0.3) is 0 Å². The topological polar surface area (TPSA) is 17.8 Å². The lowest BCUT2D eigenvalue weighted by molar-refractivity contribution is 0.626. The van der Waals surface area contributed by atoms with E-state index in [2.05, 4.69) is 4.98 Å². The van der Waals surface area contributed by atoms with Crippen molar-refractivity contribution >= 4 is 23.2 Å². The van der Waals surface area contributed by atoms with E-state index < -0.39 is 5.82 Å². The molecule has 0 N–H and O–H groups in total. The largest absolute Gasteiger partial charge is 0.330 e. The number of benzene rings is 1. The van der Waals surface area contributed by atoms with Gasteiger partial charge in [0.1, 0.15) is 11.6 Å². The number of alkyl halides is 1. The van der Waals surface area contributed by atoms with E-state index in [0.29, 0.717) is 12.4 Å². The number of aromatic nitrogens is 2. The summed E-state index contributed by atoms with van der Waals surface area (Å²) in [6, 6.07) is 4.66. The fraction of sp³-hybridized carbons (Fsp3) is 0.182. The Bertz CT molecular complexity index is 496. The van der Waals surface area contributed by atoms with E-state index in [-0.39, 0.29) is 5.02 Å². The molecule has 0 aliphatic carbocycles. The van der Waals surface area contributed by atoms with E-state index in [1.807, 2.05) is 10.8 Å². The minimum atomic E-state index is -0.409. The van der Waals surface area contributed by atoms with Crippen molar-refractivity contribution in [3.8, 4) is 0 Å². The van der Waals surface area contributed by atoms with Crippen LogP contribution in [0.1, 0.15) is 11.4 Å². The average Bonchev–Trinajstić information content (AvgIpc) is 2.71. The summed E-state index contributed by atoms with van der Waals surface area (Å²) in [6.07, 6.45) is 3.51. The second-order valence-electron chi connectivity index (χ2n) is 3.35. The van der Waals surface area contributed by atoms with Gasteiger partial charge in [0.2, 0.25) is 0 Å². The van der Waals surface area contributed by atoms with Crippen molar-refractivity contribution in [2.45, 2.75) is 12.4 Å². The van der Waals surface area contributed by atoms with Crippen LogP contribution in [0.4, 0.5) is 4.39 Å². The highest BCUT2D eigenvalue weighted by Gasteiger charge is 2.04. The summed E-state index contributed by atoms with van der Waals surface area (Å²) < 4.78 is 14.9. The molecular formula is C11H9Cl2FN2. The number of nitrogens with zero attached hydrogens (tertiary/aromatic N) is 2. The highest BCUT2D eigenvalue weighted by Crippen LogP contribution is 2.17. The van der Waals surface area contributed by atoms with Crippen LogP contribution in [-0.4, -0.2) is 9.55 Å². The molecule has 0 aliphatic heterocycles. The highest BCUT2D eigenvalue weighted by molar-refractivity contribution is 6.30. The summed E-state index contributed by atoms with van der Waals surface area (Å²) in [5, 5.41) is 0.130. The van der Waals surface area contributed by atoms with Gasteiger partial charge in [0.05, 0.1) is 10.9 Å². The number of imidazole rings is 1. The lowest BCUT2D eigenvalue weighted by atomic mass is 10.2. The molecule has 0 saturated heterocycles. The Morgan fingerprint density at radius 1 is 1.38 bits per heavy atom. The van der Waals surface area contributed by atoms with Crippen LogP contribution in [0.5, 0.6) is 0 Å². The molecule has 0 unspecified atom stereocenters. The van der Waals surface area contributed by atoms with Gasteiger partial charge in [-0.1, -0.05) is 17.7 Å². The first kappa shape index (κ1) is 11.4. The number of hydrogen-bond donors (Lipinski definition) is 0. The Morgan fingerprint density at radius 3 is 2.88 bits per heavy atom. The van der Waals surface area contributed by atoms with Crippen molar-refractivity contribution < 1.29 is 4.39 Å². The van der Waals surface area contributed by atoms with Crippen LogP contribution in [-0.2, 0) is 12.4 Å². The van der Waals surface area contributed by atoms with Gasteiger partial charge in [-0.25, -0.2) is 9.37 Å². The molecule has 2 aromatic rings. The van der Waals surface area contributed by atoms with E-state index >= 15 is 0 Å². The number of rotatable bonds is 3. The van der Waals surface area contributed by atoms with E-state index in [1.165, 1.54) is 6.07 Å². The second-order valence-corrected chi connectivity index (χ2v) is 4.03. The zero-order chi connectivity index (χ0) is 11.5. The minimum Gasteiger partial charge on any atom is -0.330 e. The van der Waals surface area contributed by atoms with Crippen molar-refractivity contribution in [2.75, 3.05) is 0 Å². The fourth-order valence-corrected chi connectivity index (χ4v) is 1.88. The molecule has 5 heteroatoms. The summed E-state index contributed by atoms with van der Waals surface area (Å²) in [5.41, 5.74) is 0.913. The molecule has 0 amide bonds. The standard InChI is InChI=1S/C11H9Cl2FN2/c12-6-11-15-3-4-16(11)7-8-1-2-10(14)9(13)5-8/h1-5H,6-7H2. The summed E-state index contributed by atoms with van der Waals surface area (Å²) >= 11 is 11.4. The summed E-state index contributed by atoms with van der Waals surface area (Å²) in [4.78, 5) is 4.09. The van der Waals surface area contributed by atoms with Gasteiger partial charge in [-0.2, -0.15) is 0 Å². The van der Waals surface area contributed by atoms with Crippen molar-refractivity contribution in [1.29, 1.82) is 0 Å². The third kappa shape index (κ3) is 2.36. The van der Waals surface area contributed by atoms with Gasteiger partial charge in [-0.05, 0) is 17.7 Å². The van der Waals surface area contributed by atoms with Gasteiger partial charge in [0.15, 0.2) is 0 Å². The Morgan fingerprint density at radius 2 is 2.19 bits per heavy atom. The van der Waals surface area contributed by atoms with Gasteiger partial charge < -0.3 is 4.57 Å². The van der Waals surface area contributed by atoms with Crippen LogP contribution < -0.4 is 0 Å². The Hall–Kier alpha value is -1.06. The Labute approximate surface area is 103 Å². The lowest BCUT2D eigenvalue weighted by Crippen LogP contribution is -2.02. The van der Waals surface area contributed by atoms with Crippen molar-refractivity contribution in [2.24, 2.45) is 0 Å². The highest BCUT2D eigenvalue weighted by atomic mass is 35.5. The van der Waals surface area contributed by atoms with Gasteiger partial charge >= 0.3 is 0 Å². The first-order valence-corrected chi connectivity index (χ1v) is 5.62. The third-order valence-electron chi connectivity index (χ3n) is 2.26. The molecule has 2 nitrogen and oxygen atoms in total. The molecule has 0 fully saturated rings. The Balaban J connectivity index is 2.24. The maximum atomic E-state index is 13.0. The molecule has 84 valence electrons. The predicted molar refractivity (Wildman–Crippen MR) is 62.3 cm³/mol. The summed E-state index contributed by atoms with van der Waals surface area (Å²) in [6.45, 7) is 0.585. The molecule has 16 heavy (non-hydrogen) atoms. The smallest absolute Gasteiger partial charge is 0.141 e. The maximum Gasteiger partial charge on any atom is 0.141 e. The molecule has 0 spiro atoms. The van der Waals surface area contributed by atoms with Gasteiger partial charge in [-0.3, -0.25) is 0 Å². The SMILES string of the molecule is Fc1ccc(Cn2ccnc2CCl)cc1Cl. The van der Waals surface area contributed by atoms with Crippen molar-refractivity contribution in [3.05, 3.63) is 52.8 Å². The number of halogens is 3. The zero-order valence-corrected chi connectivity index (χ0v) is 9.84. The van der Waals surface area contributed by atoms with Crippen LogP contribution in [0.15, 0.2) is 30.6 Å². The summed E-state index contributed by atoms with van der Waals surface area (Å²) in [7, 11) is 0. The molecule has 2 rings (SSSR count). The molecule has 0 radical (unpaired) electrons. The van der Waals surface area contributed by atoms with Crippen LogP contribution in [0.3, 0.4) is 0 Å². The van der Waals surface area contributed by atoms with E-state index in [4.69, 9.17) is 23.2 Å². The van der Waals surface area contributed by atoms with E-state index in [0.717, 1.165) is 11.4 Å². The first-order chi connectivity index (χ1) is 7.70. The fourth-order valence-electron chi connectivity index (χ4n) is 1.45. The van der Waals surface area contributed by atoms with Crippen molar-refractivity contribution in [1.82, 2.24) is 9.55 Å². The quantitative estimate of drug-likeness (QED) is 0.772. The molecule has 1 aromatic carbocycles. The normalized spacial score (nSPS) is 10.7. The molecule has 0 atom stereocenters. The van der Waals surface area contributed by atoms with Crippen molar-refractivity contribution in [3.63, 3.8) is 0 Å². The molecule has 1 aromatic heterocycles. The van der Waals surface area contributed by atoms with Crippen LogP contribution >= 0.6 is 23.2 Å². The van der Waals surface area contributed by atoms with Gasteiger partial charge in [0.25, 0.3) is 0 Å². The van der Waals surface area contributed by atoms with E-state index in [1.54, 1.807) is 18.3 Å². The van der Waals surface area contributed by atoms with Gasteiger partial charge in [0, 0.05) is 18.9 Å². The zero-order valence-electron chi connectivity index (χ0n) is 8.33.